The van der Waals surface area contributed by atoms with Crippen LogP contribution in [0.4, 0.5) is 0 Å². The minimum atomic E-state index is -0.573. The van der Waals surface area contributed by atoms with Crippen LogP contribution in [-0.4, -0.2) is 26.8 Å². The summed E-state index contributed by atoms with van der Waals surface area (Å²) in [5.74, 6) is 1.08. The van der Waals surface area contributed by atoms with E-state index in [1.165, 1.54) is 0 Å². The molecule has 1 aliphatic rings. The Kier molecular flexibility index (Phi) is 7.84. The number of benzene rings is 3. The lowest BCUT2D eigenvalue weighted by Gasteiger charge is -2.28. The van der Waals surface area contributed by atoms with E-state index in [0.717, 1.165) is 12.8 Å². The van der Waals surface area contributed by atoms with Crippen molar-refractivity contribution in [1.29, 1.82) is 5.26 Å². The van der Waals surface area contributed by atoms with Crippen LogP contribution >= 0.6 is 0 Å². The van der Waals surface area contributed by atoms with Gasteiger partial charge in [-0.15, -0.1) is 0 Å². The Balaban J connectivity index is 1.68. The minimum Gasteiger partial charge on any atom is -0.497 e. The number of methoxy groups -OCH3 is 2. The van der Waals surface area contributed by atoms with Crippen LogP contribution in [0.2, 0.25) is 0 Å². The highest BCUT2D eigenvalue weighted by atomic mass is 16.5. The highest BCUT2D eigenvalue weighted by molar-refractivity contribution is 5.94. The van der Waals surface area contributed by atoms with Gasteiger partial charge in [0.25, 0.3) is 0 Å². The number of esters is 1. The molecule has 8 nitrogen and oxygen atoms in total. The van der Waals surface area contributed by atoms with Crippen molar-refractivity contribution in [3.8, 4) is 34.8 Å². The quantitative estimate of drug-likeness (QED) is 0.239. The van der Waals surface area contributed by atoms with Gasteiger partial charge in [-0.2, -0.15) is 5.26 Å². The Labute approximate surface area is 215 Å². The Morgan fingerprint density at radius 1 is 1.00 bits per heavy atom. The van der Waals surface area contributed by atoms with Gasteiger partial charge < -0.3 is 29.4 Å². The zero-order valence-corrected chi connectivity index (χ0v) is 20.9. The molecular formula is C29H28N2O6. The number of rotatable bonds is 9. The van der Waals surface area contributed by atoms with E-state index >= 15 is 0 Å². The molecule has 37 heavy (non-hydrogen) atoms. The average Bonchev–Trinajstić information content (AvgIpc) is 2.92. The number of carbonyl (C=O) groups is 1. The standard InChI is InChI=1S/C29H28N2O6/c1-4-5-14-35-25-9-7-6-8-21(25)29(32)36-19-10-12-20-26(16-19)37-28(31)23(17-30)27(20)22-15-18(33-2)11-13-24(22)34-3/h6-13,15-16,27H,4-5,14,31H2,1-3H3. The van der Waals surface area contributed by atoms with Crippen LogP contribution in [0.3, 0.4) is 0 Å². The number of nitrogens with zero attached hydrogens (tertiary/aromatic N) is 1. The Morgan fingerprint density at radius 3 is 2.51 bits per heavy atom. The normalized spacial score (nSPS) is 14.2. The molecule has 3 aromatic rings. The molecule has 1 aliphatic heterocycles. The smallest absolute Gasteiger partial charge is 0.347 e. The first kappa shape index (κ1) is 25.5. The Morgan fingerprint density at radius 2 is 1.78 bits per heavy atom. The van der Waals surface area contributed by atoms with Gasteiger partial charge in [-0.25, -0.2) is 4.79 Å². The zero-order valence-electron chi connectivity index (χ0n) is 20.9. The Hall–Kier alpha value is -4.64. The predicted molar refractivity (Wildman–Crippen MR) is 137 cm³/mol. The van der Waals surface area contributed by atoms with E-state index < -0.39 is 11.9 Å². The number of hydrogen-bond acceptors (Lipinski definition) is 8. The molecule has 0 fully saturated rings. The van der Waals surface area contributed by atoms with Gasteiger partial charge in [0.15, 0.2) is 0 Å². The topological polar surface area (TPSA) is 113 Å². The zero-order chi connectivity index (χ0) is 26.4. The minimum absolute atomic E-state index is 0.0389. The molecule has 4 rings (SSSR count). The summed E-state index contributed by atoms with van der Waals surface area (Å²) in [4.78, 5) is 13.0. The summed E-state index contributed by atoms with van der Waals surface area (Å²) in [6.07, 6.45) is 1.86. The molecule has 190 valence electrons. The van der Waals surface area contributed by atoms with E-state index in [1.807, 2.05) is 0 Å². The van der Waals surface area contributed by atoms with Crippen molar-refractivity contribution in [1.82, 2.24) is 0 Å². The van der Waals surface area contributed by atoms with Gasteiger partial charge in [0.1, 0.15) is 46.0 Å². The molecule has 0 radical (unpaired) electrons. The largest absolute Gasteiger partial charge is 0.497 e. The number of allylic oxidation sites excluding steroid dienone is 1. The van der Waals surface area contributed by atoms with Crippen LogP contribution in [-0.2, 0) is 0 Å². The number of hydrogen-bond donors (Lipinski definition) is 1. The number of carbonyl (C=O) groups excluding carboxylic acids is 1. The third-order valence-electron chi connectivity index (χ3n) is 6.01. The maximum atomic E-state index is 13.0. The highest BCUT2D eigenvalue weighted by Crippen LogP contribution is 2.46. The fourth-order valence-corrected chi connectivity index (χ4v) is 4.13. The summed E-state index contributed by atoms with van der Waals surface area (Å²) in [6, 6.07) is 19.4. The lowest BCUT2D eigenvalue weighted by molar-refractivity contribution is 0.0730. The maximum absolute atomic E-state index is 13.0. The van der Waals surface area contributed by atoms with Crippen LogP contribution in [0, 0.1) is 11.3 Å². The van der Waals surface area contributed by atoms with E-state index in [4.69, 9.17) is 29.4 Å². The number of unbranched alkanes of at least 4 members (excludes halogenated alkanes) is 1. The van der Waals surface area contributed by atoms with Crippen molar-refractivity contribution in [2.24, 2.45) is 5.73 Å². The van der Waals surface area contributed by atoms with E-state index in [9.17, 15) is 10.1 Å². The van der Waals surface area contributed by atoms with Gasteiger partial charge in [-0.3, -0.25) is 0 Å². The predicted octanol–water partition coefficient (Wildman–Crippen LogP) is 5.32. The van der Waals surface area contributed by atoms with Gasteiger partial charge in [0.05, 0.1) is 26.7 Å². The fourth-order valence-electron chi connectivity index (χ4n) is 4.13. The third-order valence-corrected chi connectivity index (χ3v) is 6.01. The monoisotopic (exact) mass is 500 g/mol. The van der Waals surface area contributed by atoms with Crippen LogP contribution in [0.5, 0.6) is 28.7 Å². The number of ether oxygens (including phenoxy) is 5. The maximum Gasteiger partial charge on any atom is 0.347 e. The first-order chi connectivity index (χ1) is 18.0. The average molecular weight is 501 g/mol. The second kappa shape index (κ2) is 11.4. The van der Waals surface area contributed by atoms with Crippen LogP contribution in [0.1, 0.15) is 47.2 Å². The Bertz CT molecular complexity index is 1380. The summed E-state index contributed by atoms with van der Waals surface area (Å²) in [6.45, 7) is 2.58. The molecule has 0 bridgehead atoms. The molecule has 0 saturated carbocycles. The van der Waals surface area contributed by atoms with Crippen molar-refractivity contribution in [2.75, 3.05) is 20.8 Å². The second-order valence-corrected chi connectivity index (χ2v) is 8.32. The number of nitriles is 1. The molecule has 1 unspecified atom stereocenters. The first-order valence-electron chi connectivity index (χ1n) is 11.9. The second-order valence-electron chi connectivity index (χ2n) is 8.32. The van der Waals surface area contributed by atoms with Crippen molar-refractivity contribution in [3.63, 3.8) is 0 Å². The molecule has 0 aliphatic carbocycles. The molecule has 0 amide bonds. The number of nitrogens with two attached hydrogens (primary N) is 1. The molecule has 0 saturated heterocycles. The highest BCUT2D eigenvalue weighted by Gasteiger charge is 2.33. The van der Waals surface area contributed by atoms with Crippen molar-refractivity contribution in [2.45, 2.75) is 25.7 Å². The van der Waals surface area contributed by atoms with E-state index in [0.29, 0.717) is 46.3 Å². The van der Waals surface area contributed by atoms with E-state index in [-0.39, 0.29) is 17.2 Å². The summed E-state index contributed by atoms with van der Waals surface area (Å²) in [5, 5.41) is 9.89. The molecule has 1 heterocycles. The van der Waals surface area contributed by atoms with E-state index in [1.54, 1.807) is 74.9 Å². The van der Waals surface area contributed by atoms with E-state index in [2.05, 4.69) is 13.0 Å². The lowest BCUT2D eigenvalue weighted by Crippen LogP contribution is -2.21. The van der Waals surface area contributed by atoms with Crippen LogP contribution in [0.25, 0.3) is 0 Å². The van der Waals surface area contributed by atoms with Gasteiger partial charge in [-0.05, 0) is 42.8 Å². The summed E-state index contributed by atoms with van der Waals surface area (Å²) >= 11 is 0. The molecule has 0 aromatic heterocycles. The van der Waals surface area contributed by atoms with Crippen LogP contribution < -0.4 is 29.4 Å². The summed E-state index contributed by atoms with van der Waals surface area (Å²) < 4.78 is 28.2. The molecule has 8 heteroatoms. The molecule has 2 N–H and O–H groups in total. The number of fused-ring (bicyclic) bond motifs is 1. The van der Waals surface area contributed by atoms with Crippen molar-refractivity contribution >= 4 is 5.97 Å². The summed E-state index contributed by atoms with van der Waals surface area (Å²) in [7, 11) is 3.11. The summed E-state index contributed by atoms with van der Waals surface area (Å²) in [5.41, 5.74) is 8.07. The van der Waals surface area contributed by atoms with Gasteiger partial charge in [-0.1, -0.05) is 31.5 Å². The first-order valence-corrected chi connectivity index (χ1v) is 11.9. The fraction of sp³-hybridized carbons (Fsp3) is 0.241. The SMILES string of the molecule is CCCCOc1ccccc1C(=O)Oc1ccc2c(c1)OC(N)=C(C#N)C2c1cc(OC)ccc1OC. The number of para-hydroxylation sites is 1. The molecule has 0 spiro atoms. The van der Waals surface area contributed by atoms with Gasteiger partial charge in [0, 0.05) is 17.2 Å². The van der Waals surface area contributed by atoms with Crippen molar-refractivity contribution in [3.05, 3.63) is 88.8 Å². The van der Waals surface area contributed by atoms with Gasteiger partial charge >= 0.3 is 5.97 Å². The van der Waals surface area contributed by atoms with Crippen molar-refractivity contribution < 1.29 is 28.5 Å². The lowest BCUT2D eigenvalue weighted by atomic mass is 9.83. The van der Waals surface area contributed by atoms with Gasteiger partial charge in [0.2, 0.25) is 5.88 Å². The molecular weight excluding hydrogens is 472 g/mol. The van der Waals surface area contributed by atoms with Crippen LogP contribution in [0.15, 0.2) is 72.1 Å². The third kappa shape index (κ3) is 5.31. The molecule has 1 atom stereocenters. The molecule has 3 aromatic carbocycles.